The summed E-state index contributed by atoms with van der Waals surface area (Å²) in [7, 11) is 0. The fourth-order valence-electron chi connectivity index (χ4n) is 3.90. The standard InChI is InChI=1S/C22H25ClN4O3S/c23-19-8-7-18(31-19)15-25-10-12-26(13-11-25)21(29)14-24-22(30)16-3-5-17(6-4-16)27-9-1-2-20(27)28/h3-8H,1-2,9-15H2,(H,24,30). The first-order valence-corrected chi connectivity index (χ1v) is 11.6. The lowest BCUT2D eigenvalue weighted by Gasteiger charge is -2.34. The Morgan fingerprint density at radius 3 is 2.35 bits per heavy atom. The molecule has 2 fully saturated rings. The van der Waals surface area contributed by atoms with E-state index in [1.165, 1.54) is 4.88 Å². The highest BCUT2D eigenvalue weighted by Gasteiger charge is 2.23. The first-order valence-electron chi connectivity index (χ1n) is 10.4. The van der Waals surface area contributed by atoms with Gasteiger partial charge in [-0.05, 0) is 42.8 Å². The Bertz CT molecular complexity index is 954. The maximum Gasteiger partial charge on any atom is 0.251 e. The Kier molecular flexibility index (Phi) is 6.89. The van der Waals surface area contributed by atoms with Gasteiger partial charge in [0.25, 0.3) is 5.91 Å². The summed E-state index contributed by atoms with van der Waals surface area (Å²) in [6.07, 6.45) is 1.43. The number of carbonyl (C=O) groups is 3. The summed E-state index contributed by atoms with van der Waals surface area (Å²) in [6, 6.07) is 10.9. The van der Waals surface area contributed by atoms with E-state index in [2.05, 4.69) is 10.2 Å². The molecule has 0 radical (unpaired) electrons. The number of hydrogen-bond acceptors (Lipinski definition) is 5. The average molecular weight is 461 g/mol. The number of carbonyl (C=O) groups excluding carboxylic acids is 3. The van der Waals surface area contributed by atoms with Gasteiger partial charge in [0.2, 0.25) is 11.8 Å². The van der Waals surface area contributed by atoms with Crippen molar-refractivity contribution in [2.45, 2.75) is 19.4 Å². The van der Waals surface area contributed by atoms with Crippen LogP contribution < -0.4 is 10.2 Å². The van der Waals surface area contributed by atoms with Crippen LogP contribution in [-0.4, -0.2) is 66.8 Å². The molecule has 0 bridgehead atoms. The maximum atomic E-state index is 12.5. The second-order valence-electron chi connectivity index (χ2n) is 7.74. The lowest BCUT2D eigenvalue weighted by Crippen LogP contribution is -2.50. The monoisotopic (exact) mass is 460 g/mol. The molecule has 1 N–H and O–H groups in total. The van der Waals surface area contributed by atoms with Gasteiger partial charge in [-0.25, -0.2) is 0 Å². The third-order valence-electron chi connectivity index (χ3n) is 5.65. The third kappa shape index (κ3) is 5.44. The van der Waals surface area contributed by atoms with Gasteiger partial charge in [0.15, 0.2) is 0 Å². The average Bonchev–Trinajstić information content (AvgIpc) is 3.40. The van der Waals surface area contributed by atoms with Crippen LogP contribution in [0.2, 0.25) is 4.34 Å². The first-order chi connectivity index (χ1) is 15.0. The Balaban J connectivity index is 1.21. The molecule has 7 nitrogen and oxygen atoms in total. The largest absolute Gasteiger partial charge is 0.343 e. The molecule has 3 heterocycles. The fourth-order valence-corrected chi connectivity index (χ4v) is 5.03. The number of thiophene rings is 1. The topological polar surface area (TPSA) is 73.0 Å². The summed E-state index contributed by atoms with van der Waals surface area (Å²) in [5.74, 6) is -0.255. The summed E-state index contributed by atoms with van der Waals surface area (Å²) in [6.45, 7) is 4.42. The quantitative estimate of drug-likeness (QED) is 0.719. The molecule has 0 saturated carbocycles. The molecule has 3 amide bonds. The highest BCUT2D eigenvalue weighted by Crippen LogP contribution is 2.23. The number of nitrogens with zero attached hydrogens (tertiary/aromatic N) is 3. The van der Waals surface area contributed by atoms with Gasteiger partial charge in [0, 0.05) is 61.8 Å². The van der Waals surface area contributed by atoms with Gasteiger partial charge < -0.3 is 15.1 Å². The van der Waals surface area contributed by atoms with Crippen LogP contribution in [0.25, 0.3) is 0 Å². The molecule has 2 saturated heterocycles. The summed E-state index contributed by atoms with van der Waals surface area (Å²) in [4.78, 5) is 43.8. The summed E-state index contributed by atoms with van der Waals surface area (Å²) in [5, 5.41) is 2.71. The minimum Gasteiger partial charge on any atom is -0.343 e. The number of nitrogens with one attached hydrogen (secondary N) is 1. The minimum absolute atomic E-state index is 0.0221. The highest BCUT2D eigenvalue weighted by atomic mass is 35.5. The molecule has 31 heavy (non-hydrogen) atoms. The molecule has 9 heteroatoms. The van der Waals surface area contributed by atoms with Gasteiger partial charge in [0.1, 0.15) is 0 Å². The molecular weight excluding hydrogens is 436 g/mol. The lowest BCUT2D eigenvalue weighted by molar-refractivity contribution is -0.131. The van der Waals surface area contributed by atoms with Gasteiger partial charge in [0.05, 0.1) is 10.9 Å². The van der Waals surface area contributed by atoms with Crippen LogP contribution >= 0.6 is 22.9 Å². The van der Waals surface area contributed by atoms with E-state index in [1.807, 2.05) is 12.1 Å². The zero-order valence-electron chi connectivity index (χ0n) is 17.2. The molecule has 0 aliphatic carbocycles. The van der Waals surface area contributed by atoms with E-state index in [1.54, 1.807) is 45.4 Å². The number of benzene rings is 1. The molecule has 0 spiro atoms. The zero-order valence-corrected chi connectivity index (χ0v) is 18.8. The van der Waals surface area contributed by atoms with E-state index >= 15 is 0 Å². The predicted molar refractivity (Wildman–Crippen MR) is 122 cm³/mol. The van der Waals surface area contributed by atoms with Crippen molar-refractivity contribution in [1.82, 2.24) is 15.1 Å². The molecule has 1 aromatic carbocycles. The normalized spacial score (nSPS) is 17.3. The number of rotatable bonds is 6. The fraction of sp³-hybridized carbons (Fsp3) is 0.409. The SMILES string of the molecule is O=C(NCC(=O)N1CCN(Cc2ccc(Cl)s2)CC1)c1ccc(N2CCCC2=O)cc1. The Morgan fingerprint density at radius 1 is 1.00 bits per heavy atom. The van der Waals surface area contributed by atoms with Gasteiger partial charge >= 0.3 is 0 Å². The second-order valence-corrected chi connectivity index (χ2v) is 9.54. The predicted octanol–water partition coefficient (Wildman–Crippen LogP) is 2.60. The number of amides is 3. The lowest BCUT2D eigenvalue weighted by atomic mass is 10.2. The van der Waals surface area contributed by atoms with Crippen molar-refractivity contribution >= 4 is 46.3 Å². The molecule has 4 rings (SSSR count). The summed E-state index contributed by atoms with van der Waals surface area (Å²) < 4.78 is 0.790. The van der Waals surface area contributed by atoms with E-state index in [0.29, 0.717) is 31.6 Å². The molecule has 0 atom stereocenters. The van der Waals surface area contributed by atoms with E-state index < -0.39 is 0 Å². The van der Waals surface area contributed by atoms with Gasteiger partial charge in [-0.3, -0.25) is 19.3 Å². The highest BCUT2D eigenvalue weighted by molar-refractivity contribution is 7.16. The van der Waals surface area contributed by atoms with Crippen LogP contribution in [-0.2, 0) is 16.1 Å². The van der Waals surface area contributed by atoms with Crippen molar-refractivity contribution in [3.8, 4) is 0 Å². The van der Waals surface area contributed by atoms with E-state index in [4.69, 9.17) is 11.6 Å². The van der Waals surface area contributed by atoms with Crippen LogP contribution in [0, 0.1) is 0 Å². The van der Waals surface area contributed by atoms with Crippen LogP contribution in [0.5, 0.6) is 0 Å². The van der Waals surface area contributed by atoms with Crippen LogP contribution in [0.15, 0.2) is 36.4 Å². The Morgan fingerprint density at radius 2 is 1.74 bits per heavy atom. The summed E-state index contributed by atoms with van der Waals surface area (Å²) in [5.41, 5.74) is 1.28. The van der Waals surface area contributed by atoms with Crippen LogP contribution in [0.4, 0.5) is 5.69 Å². The molecule has 1 aromatic heterocycles. The molecular formula is C22H25ClN4O3S. The first kappa shape index (κ1) is 21.8. The minimum atomic E-state index is -0.291. The molecule has 2 aromatic rings. The maximum absolute atomic E-state index is 12.5. The van der Waals surface area contributed by atoms with Gasteiger partial charge in [-0.15, -0.1) is 11.3 Å². The van der Waals surface area contributed by atoms with E-state index in [-0.39, 0.29) is 24.3 Å². The molecule has 2 aliphatic heterocycles. The van der Waals surface area contributed by atoms with Crippen LogP contribution in [0.3, 0.4) is 0 Å². The number of halogens is 1. The van der Waals surface area contributed by atoms with Crippen molar-refractivity contribution in [2.75, 3.05) is 44.2 Å². The van der Waals surface area contributed by atoms with Crippen molar-refractivity contribution in [3.05, 3.63) is 51.2 Å². The van der Waals surface area contributed by atoms with Crippen molar-refractivity contribution in [2.24, 2.45) is 0 Å². The second kappa shape index (κ2) is 9.80. The van der Waals surface area contributed by atoms with Crippen molar-refractivity contribution in [1.29, 1.82) is 0 Å². The van der Waals surface area contributed by atoms with Crippen LogP contribution in [0.1, 0.15) is 28.1 Å². The number of hydrogen-bond donors (Lipinski definition) is 1. The van der Waals surface area contributed by atoms with Gasteiger partial charge in [-0.2, -0.15) is 0 Å². The number of anilines is 1. The van der Waals surface area contributed by atoms with E-state index in [9.17, 15) is 14.4 Å². The molecule has 164 valence electrons. The van der Waals surface area contributed by atoms with E-state index in [0.717, 1.165) is 36.1 Å². The van der Waals surface area contributed by atoms with Crippen molar-refractivity contribution in [3.63, 3.8) is 0 Å². The number of piperazine rings is 1. The zero-order chi connectivity index (χ0) is 21.8. The van der Waals surface area contributed by atoms with Gasteiger partial charge in [-0.1, -0.05) is 11.6 Å². The Hall–Kier alpha value is -2.42. The smallest absolute Gasteiger partial charge is 0.251 e. The summed E-state index contributed by atoms with van der Waals surface area (Å²) >= 11 is 7.57. The molecule has 2 aliphatic rings. The third-order valence-corrected chi connectivity index (χ3v) is 6.86. The van der Waals surface area contributed by atoms with Crippen molar-refractivity contribution < 1.29 is 14.4 Å². The molecule has 0 unspecified atom stereocenters. The Labute approximate surface area is 190 Å².